The minimum Gasteiger partial charge on any atom is -0.261 e. The van der Waals surface area contributed by atoms with Crippen molar-refractivity contribution in [2.24, 2.45) is 30.0 Å². The molecule has 0 atom stereocenters. The van der Waals surface area contributed by atoms with Gasteiger partial charge in [-0.15, -0.1) is 0 Å². The monoisotopic (exact) mass is 966 g/mol. The molecular formula is C69H54N6. The molecule has 0 amide bonds. The summed E-state index contributed by atoms with van der Waals surface area (Å²) in [7, 11) is 0. The van der Waals surface area contributed by atoms with Crippen molar-refractivity contribution in [3.05, 3.63) is 335 Å². The quantitative estimate of drug-likeness (QED) is 0.0592. The SMILES string of the molecule is C=NC(=NC(=NCc1cccc(-c2ccccc2)c1)c1ccc(C(c2ccccc2)(c2ccccc2)c2ccc(CN=C(N=C(N=C)c3cccc(-c4ccccc4)c3)c3ccccc3)cc2)cc1)c1ccccc1. The Kier molecular flexibility index (Phi) is 15.4. The van der Waals surface area contributed by atoms with E-state index < -0.39 is 5.41 Å². The lowest BCUT2D eigenvalue weighted by Crippen LogP contribution is -2.31. The highest BCUT2D eigenvalue weighted by atomic mass is 15.0. The predicted molar refractivity (Wildman–Crippen MR) is 314 cm³/mol. The zero-order valence-electron chi connectivity index (χ0n) is 41.6. The molecule has 0 saturated heterocycles. The maximum absolute atomic E-state index is 5.20. The largest absolute Gasteiger partial charge is 0.261 e. The molecule has 0 aliphatic rings. The maximum Gasteiger partial charge on any atom is 0.161 e. The molecule has 0 fully saturated rings. The van der Waals surface area contributed by atoms with Gasteiger partial charge in [-0.05, 0) is 81.2 Å². The normalized spacial score (nSPS) is 12.3. The molecule has 10 aromatic rings. The fourth-order valence-electron chi connectivity index (χ4n) is 9.53. The van der Waals surface area contributed by atoms with Gasteiger partial charge in [0.1, 0.15) is 0 Å². The summed E-state index contributed by atoms with van der Waals surface area (Å²) in [5, 5.41) is 0. The summed E-state index contributed by atoms with van der Waals surface area (Å²) in [6, 6.07) is 96.3. The van der Waals surface area contributed by atoms with Gasteiger partial charge in [0.15, 0.2) is 23.3 Å². The molecule has 0 heterocycles. The van der Waals surface area contributed by atoms with E-state index in [2.05, 4.69) is 205 Å². The lowest BCUT2D eigenvalue weighted by Gasteiger charge is -2.37. The van der Waals surface area contributed by atoms with Crippen LogP contribution in [0.4, 0.5) is 0 Å². The molecule has 75 heavy (non-hydrogen) atoms. The van der Waals surface area contributed by atoms with Gasteiger partial charge in [0.05, 0.1) is 18.5 Å². The molecule has 0 radical (unpaired) electrons. The van der Waals surface area contributed by atoms with Gasteiger partial charge in [-0.25, -0.2) is 20.0 Å². The summed E-state index contributed by atoms with van der Waals surface area (Å²) in [5.41, 5.74) is 13.8. The number of hydrogen-bond acceptors (Lipinski definition) is 2. The highest BCUT2D eigenvalue weighted by Gasteiger charge is 2.38. The lowest BCUT2D eigenvalue weighted by molar-refractivity contribution is 0.744. The highest BCUT2D eigenvalue weighted by Crippen LogP contribution is 2.45. The second-order valence-electron chi connectivity index (χ2n) is 18.0. The van der Waals surface area contributed by atoms with Crippen LogP contribution in [0.25, 0.3) is 22.3 Å². The molecule has 0 N–H and O–H groups in total. The van der Waals surface area contributed by atoms with Crippen LogP contribution >= 0.6 is 0 Å². The summed E-state index contributed by atoms with van der Waals surface area (Å²) in [4.78, 5) is 29.4. The summed E-state index contributed by atoms with van der Waals surface area (Å²) < 4.78 is 0. The van der Waals surface area contributed by atoms with Gasteiger partial charge in [0.25, 0.3) is 0 Å². The molecule has 6 nitrogen and oxygen atoms in total. The standard InChI is InChI=1S/C69H54N6/c1-70-65(55-28-13-5-14-29-55)74-68(73-50-52-23-21-32-58(47-52)53-24-9-3-10-25-53)57-41-45-64(46-42-57)69(61-35-17-7-18-36-61,62-37-19-8-20-38-62)63-43-39-51(40-44-63)49-72-67(56-30-15-6-16-31-56)75-66(71-2)60-34-22-33-59(48-60)54-26-11-4-12-27-54/h3-48H,1-2,49-50H2. The van der Waals surface area contributed by atoms with E-state index in [4.69, 9.17) is 20.0 Å². The third kappa shape index (κ3) is 11.3. The smallest absolute Gasteiger partial charge is 0.161 e. The first-order chi connectivity index (χ1) is 37.1. The van der Waals surface area contributed by atoms with Crippen molar-refractivity contribution in [1.82, 2.24) is 0 Å². The molecule has 0 aromatic heterocycles. The zero-order valence-corrected chi connectivity index (χ0v) is 41.6. The van der Waals surface area contributed by atoms with E-state index in [9.17, 15) is 0 Å². The zero-order chi connectivity index (χ0) is 51.1. The number of amidine groups is 4. The van der Waals surface area contributed by atoms with Crippen LogP contribution in [0.5, 0.6) is 0 Å². The van der Waals surface area contributed by atoms with Crippen LogP contribution in [-0.2, 0) is 18.5 Å². The van der Waals surface area contributed by atoms with E-state index in [1.54, 1.807) is 0 Å². The Bertz CT molecular complexity index is 3590. The first-order valence-electron chi connectivity index (χ1n) is 25.0. The van der Waals surface area contributed by atoms with Crippen molar-refractivity contribution in [3.8, 4) is 22.3 Å². The van der Waals surface area contributed by atoms with E-state index in [-0.39, 0.29) is 0 Å². The van der Waals surface area contributed by atoms with Crippen LogP contribution in [0, 0.1) is 0 Å². The average Bonchev–Trinajstić information content (AvgIpc) is 3.50. The third-order valence-corrected chi connectivity index (χ3v) is 13.2. The summed E-state index contributed by atoms with van der Waals surface area (Å²) in [6.07, 6.45) is 0. The number of hydrogen-bond donors (Lipinski definition) is 0. The number of aliphatic imine (C=N–C) groups is 6. The van der Waals surface area contributed by atoms with Crippen LogP contribution < -0.4 is 0 Å². The summed E-state index contributed by atoms with van der Waals surface area (Å²) >= 11 is 0. The van der Waals surface area contributed by atoms with Crippen molar-refractivity contribution >= 4 is 36.8 Å². The Labute approximate surface area is 440 Å². The van der Waals surface area contributed by atoms with Crippen molar-refractivity contribution in [1.29, 1.82) is 0 Å². The first-order valence-corrected chi connectivity index (χ1v) is 25.0. The summed E-state index contributed by atoms with van der Waals surface area (Å²) in [5.74, 6) is 2.13. The molecule has 0 unspecified atom stereocenters. The van der Waals surface area contributed by atoms with E-state index in [0.717, 1.165) is 77.9 Å². The van der Waals surface area contributed by atoms with Gasteiger partial charge in [-0.1, -0.05) is 267 Å². The lowest BCUT2D eigenvalue weighted by atomic mass is 9.65. The van der Waals surface area contributed by atoms with Crippen molar-refractivity contribution in [2.75, 3.05) is 0 Å². The van der Waals surface area contributed by atoms with E-state index in [0.29, 0.717) is 36.4 Å². The van der Waals surface area contributed by atoms with Gasteiger partial charge in [-0.2, -0.15) is 0 Å². The molecule has 0 bridgehead atoms. The van der Waals surface area contributed by atoms with Crippen LogP contribution in [0.3, 0.4) is 0 Å². The Morgan fingerprint density at radius 1 is 0.280 bits per heavy atom. The Morgan fingerprint density at radius 3 is 1.12 bits per heavy atom. The van der Waals surface area contributed by atoms with Crippen molar-refractivity contribution < 1.29 is 0 Å². The van der Waals surface area contributed by atoms with Crippen molar-refractivity contribution in [2.45, 2.75) is 18.5 Å². The van der Waals surface area contributed by atoms with Crippen LogP contribution in [0.15, 0.2) is 309 Å². The molecule has 0 aliphatic carbocycles. The molecule has 0 saturated carbocycles. The van der Waals surface area contributed by atoms with E-state index >= 15 is 0 Å². The number of rotatable bonds is 14. The van der Waals surface area contributed by atoms with E-state index in [1.807, 2.05) is 97.1 Å². The molecule has 10 aromatic carbocycles. The minimum atomic E-state index is -0.711. The predicted octanol–water partition coefficient (Wildman–Crippen LogP) is 15.6. The first kappa shape index (κ1) is 48.8. The van der Waals surface area contributed by atoms with Gasteiger partial charge < -0.3 is 0 Å². The van der Waals surface area contributed by atoms with Gasteiger partial charge in [0, 0.05) is 22.3 Å². The summed E-state index contributed by atoms with van der Waals surface area (Å²) in [6.45, 7) is 8.66. The van der Waals surface area contributed by atoms with Crippen molar-refractivity contribution in [3.63, 3.8) is 0 Å². The number of benzene rings is 10. The second kappa shape index (κ2) is 23.6. The Morgan fingerprint density at radius 2 is 0.627 bits per heavy atom. The number of nitrogens with zero attached hydrogens (tertiary/aromatic N) is 6. The fourth-order valence-corrected chi connectivity index (χ4v) is 9.53. The van der Waals surface area contributed by atoms with E-state index in [1.165, 1.54) is 0 Å². The molecule has 0 spiro atoms. The molecule has 360 valence electrons. The molecule has 0 aliphatic heterocycles. The van der Waals surface area contributed by atoms with Gasteiger partial charge in [0.2, 0.25) is 0 Å². The maximum atomic E-state index is 5.20. The van der Waals surface area contributed by atoms with Crippen LogP contribution in [-0.4, -0.2) is 36.8 Å². The fraction of sp³-hybridized carbons (Fsp3) is 0.0435. The van der Waals surface area contributed by atoms with Crippen LogP contribution in [0.1, 0.15) is 55.6 Å². The molecular weight excluding hydrogens is 913 g/mol. The molecule has 6 heteroatoms. The average molecular weight is 967 g/mol. The third-order valence-electron chi connectivity index (χ3n) is 13.2. The Balaban J connectivity index is 1.03. The minimum absolute atomic E-state index is 0.393. The van der Waals surface area contributed by atoms with Gasteiger partial charge >= 0.3 is 0 Å². The highest BCUT2D eigenvalue weighted by molar-refractivity contribution is 6.13. The second-order valence-corrected chi connectivity index (χ2v) is 18.0. The Hall–Kier alpha value is -9.78. The van der Waals surface area contributed by atoms with Crippen LogP contribution in [0.2, 0.25) is 0 Å². The molecule has 10 rings (SSSR count). The van der Waals surface area contributed by atoms with Gasteiger partial charge in [-0.3, -0.25) is 9.98 Å². The topological polar surface area (TPSA) is 74.2 Å².